The van der Waals surface area contributed by atoms with Gasteiger partial charge in [-0.15, -0.1) is 3.89 Å². The van der Waals surface area contributed by atoms with E-state index in [1.807, 2.05) is 18.2 Å². The molecule has 0 saturated heterocycles. The maximum atomic E-state index is 13.0. The van der Waals surface area contributed by atoms with Crippen LogP contribution in [0, 0.1) is 0 Å². The molecule has 1 unspecified atom stereocenters. The number of hydrogen-bond donors (Lipinski definition) is 2. The summed E-state index contributed by atoms with van der Waals surface area (Å²) in [5, 5.41) is 12.8. The Labute approximate surface area is 128 Å². The van der Waals surface area contributed by atoms with Crippen LogP contribution in [0.15, 0.2) is 47.4 Å². The van der Waals surface area contributed by atoms with Gasteiger partial charge in [-0.2, -0.15) is 8.42 Å². The summed E-state index contributed by atoms with van der Waals surface area (Å²) < 4.78 is 34.8. The highest BCUT2D eigenvalue weighted by Crippen LogP contribution is 2.25. The van der Waals surface area contributed by atoms with E-state index < -0.39 is 10.2 Å². The molecule has 4 nitrogen and oxygen atoms in total. The van der Waals surface area contributed by atoms with Gasteiger partial charge < -0.3 is 10.4 Å². The molecule has 0 aliphatic heterocycles. The van der Waals surface area contributed by atoms with Crippen molar-refractivity contribution in [1.29, 1.82) is 0 Å². The molecule has 22 heavy (non-hydrogen) atoms. The third-order valence-corrected chi connectivity index (χ3v) is 4.61. The smallest absolute Gasteiger partial charge is 0.332 e. The van der Waals surface area contributed by atoms with Gasteiger partial charge in [-0.05, 0) is 53.8 Å². The van der Waals surface area contributed by atoms with Crippen molar-refractivity contribution < 1.29 is 17.4 Å². The second-order valence-electron chi connectivity index (χ2n) is 5.48. The zero-order chi connectivity index (χ0) is 15.7. The fraction of sp³-hybridized carbons (Fsp3) is 0.250. The van der Waals surface area contributed by atoms with E-state index in [2.05, 4.69) is 5.32 Å². The summed E-state index contributed by atoms with van der Waals surface area (Å²) in [6.45, 7) is 0.394. The van der Waals surface area contributed by atoms with Crippen molar-refractivity contribution in [3.8, 4) is 0 Å². The van der Waals surface area contributed by atoms with E-state index in [1.54, 1.807) is 6.07 Å². The van der Waals surface area contributed by atoms with Crippen molar-refractivity contribution >= 4 is 15.9 Å². The van der Waals surface area contributed by atoms with Crippen LogP contribution in [0.3, 0.4) is 0 Å². The Morgan fingerprint density at radius 3 is 2.68 bits per heavy atom. The Hall–Kier alpha value is -1.92. The summed E-state index contributed by atoms with van der Waals surface area (Å²) in [4.78, 5) is -0.330. The second kappa shape index (κ2) is 5.70. The Bertz CT molecular complexity index is 805. The van der Waals surface area contributed by atoms with Gasteiger partial charge in [-0.1, -0.05) is 18.2 Å². The second-order valence-corrected chi connectivity index (χ2v) is 6.83. The molecule has 0 fully saturated rings. The minimum Gasteiger partial charge on any atom is -0.392 e. The Morgan fingerprint density at radius 1 is 1.14 bits per heavy atom. The number of benzene rings is 2. The summed E-state index contributed by atoms with van der Waals surface area (Å²) >= 11 is 0. The van der Waals surface area contributed by atoms with Crippen LogP contribution in [0.1, 0.15) is 16.7 Å². The topological polar surface area (TPSA) is 66.4 Å². The molecule has 2 aromatic rings. The van der Waals surface area contributed by atoms with E-state index in [1.165, 1.54) is 18.2 Å². The van der Waals surface area contributed by atoms with Crippen molar-refractivity contribution in [2.75, 3.05) is 5.32 Å². The van der Waals surface area contributed by atoms with E-state index in [0.29, 0.717) is 24.9 Å². The van der Waals surface area contributed by atoms with Crippen molar-refractivity contribution in [1.82, 2.24) is 0 Å². The minimum absolute atomic E-state index is 0.309. The van der Waals surface area contributed by atoms with Gasteiger partial charge in [-0.3, -0.25) is 0 Å². The standard InChI is InChI=1S/C16H16FNO3S/c17-22(20,21)16-3-1-2-11(6-16)10-18-14-5-4-12-8-15(19)9-13(12)7-14/h1-7,15,18-19H,8-10H2. The lowest BCUT2D eigenvalue weighted by Gasteiger charge is -2.09. The first kappa shape index (κ1) is 15.0. The lowest BCUT2D eigenvalue weighted by atomic mass is 10.1. The van der Waals surface area contributed by atoms with E-state index in [4.69, 9.17) is 0 Å². The normalized spacial score (nSPS) is 17.3. The third-order valence-electron chi connectivity index (χ3n) is 3.79. The predicted octanol–water partition coefficient (Wildman–Crippen LogP) is 2.42. The molecule has 1 atom stereocenters. The molecule has 1 aliphatic carbocycles. The van der Waals surface area contributed by atoms with Gasteiger partial charge in [0.15, 0.2) is 0 Å². The molecule has 0 amide bonds. The Kier molecular flexibility index (Phi) is 3.88. The van der Waals surface area contributed by atoms with Crippen molar-refractivity contribution in [3.05, 3.63) is 59.2 Å². The molecule has 0 spiro atoms. The number of aliphatic hydroxyl groups excluding tert-OH is 1. The van der Waals surface area contributed by atoms with E-state index >= 15 is 0 Å². The highest BCUT2D eigenvalue weighted by Gasteiger charge is 2.19. The molecule has 0 heterocycles. The zero-order valence-corrected chi connectivity index (χ0v) is 12.6. The SMILES string of the molecule is O=S(=O)(F)c1cccc(CNc2ccc3c(c2)CC(O)C3)c1. The number of fused-ring (bicyclic) bond motifs is 1. The number of nitrogens with one attached hydrogen (secondary N) is 1. The van der Waals surface area contributed by atoms with E-state index in [-0.39, 0.29) is 11.0 Å². The van der Waals surface area contributed by atoms with Crippen LogP contribution >= 0.6 is 0 Å². The quantitative estimate of drug-likeness (QED) is 0.849. The van der Waals surface area contributed by atoms with Crippen molar-refractivity contribution in [3.63, 3.8) is 0 Å². The molecule has 0 radical (unpaired) electrons. The fourth-order valence-electron chi connectivity index (χ4n) is 2.72. The van der Waals surface area contributed by atoms with Crippen molar-refractivity contribution in [2.24, 2.45) is 0 Å². The largest absolute Gasteiger partial charge is 0.392 e. The first-order valence-corrected chi connectivity index (χ1v) is 8.37. The molecule has 0 aromatic heterocycles. The summed E-state index contributed by atoms with van der Waals surface area (Å²) in [6, 6.07) is 11.7. The average molecular weight is 321 g/mol. The van der Waals surface area contributed by atoms with E-state index in [0.717, 1.165) is 16.8 Å². The molecule has 2 N–H and O–H groups in total. The first-order valence-electron chi connectivity index (χ1n) is 6.99. The number of hydrogen-bond acceptors (Lipinski definition) is 4. The molecule has 0 saturated carbocycles. The van der Waals surface area contributed by atoms with Gasteiger partial charge in [-0.25, -0.2) is 0 Å². The maximum absolute atomic E-state index is 13.0. The molecule has 6 heteroatoms. The van der Waals surface area contributed by atoms with Crippen LogP contribution in [-0.4, -0.2) is 19.6 Å². The Balaban J connectivity index is 1.72. The van der Waals surface area contributed by atoms with Crippen LogP contribution in [-0.2, 0) is 29.6 Å². The molecule has 0 bridgehead atoms. The van der Waals surface area contributed by atoms with Gasteiger partial charge in [0.25, 0.3) is 0 Å². The zero-order valence-electron chi connectivity index (χ0n) is 11.8. The number of anilines is 1. The lowest BCUT2D eigenvalue weighted by Crippen LogP contribution is -2.03. The number of aliphatic hydroxyl groups is 1. The number of halogens is 1. The van der Waals surface area contributed by atoms with E-state index in [9.17, 15) is 17.4 Å². The van der Waals surface area contributed by atoms with Gasteiger partial charge in [0.05, 0.1) is 11.0 Å². The van der Waals surface area contributed by atoms with Crippen LogP contribution < -0.4 is 5.32 Å². The molecule has 116 valence electrons. The molecular weight excluding hydrogens is 305 g/mol. The van der Waals surface area contributed by atoms with Gasteiger partial charge in [0.1, 0.15) is 0 Å². The van der Waals surface area contributed by atoms with Gasteiger partial charge in [0, 0.05) is 12.2 Å². The highest BCUT2D eigenvalue weighted by atomic mass is 32.3. The molecular formula is C16H16FNO3S. The summed E-state index contributed by atoms with van der Waals surface area (Å²) in [6.07, 6.45) is 1.03. The van der Waals surface area contributed by atoms with Crippen molar-refractivity contribution in [2.45, 2.75) is 30.4 Å². The average Bonchev–Trinajstić information content (AvgIpc) is 2.84. The Morgan fingerprint density at radius 2 is 1.91 bits per heavy atom. The molecule has 1 aliphatic rings. The number of rotatable bonds is 4. The molecule has 3 rings (SSSR count). The first-order chi connectivity index (χ1) is 10.4. The lowest BCUT2D eigenvalue weighted by molar-refractivity contribution is 0.187. The van der Waals surface area contributed by atoms with Crippen LogP contribution in [0.5, 0.6) is 0 Å². The summed E-state index contributed by atoms with van der Waals surface area (Å²) in [7, 11) is -4.68. The minimum atomic E-state index is -4.68. The van der Waals surface area contributed by atoms with Crippen LogP contribution in [0.2, 0.25) is 0 Å². The monoisotopic (exact) mass is 321 g/mol. The van der Waals surface area contributed by atoms with Gasteiger partial charge in [0.2, 0.25) is 0 Å². The maximum Gasteiger partial charge on any atom is 0.332 e. The fourth-order valence-corrected chi connectivity index (χ4v) is 3.25. The van der Waals surface area contributed by atoms with Gasteiger partial charge >= 0.3 is 10.2 Å². The summed E-state index contributed by atoms with van der Waals surface area (Å²) in [5.74, 6) is 0. The molecule has 2 aromatic carbocycles. The highest BCUT2D eigenvalue weighted by molar-refractivity contribution is 7.86. The van der Waals surface area contributed by atoms with Crippen LogP contribution in [0.4, 0.5) is 9.57 Å². The summed E-state index contributed by atoms with van der Waals surface area (Å²) in [5.41, 5.74) is 3.85. The van der Waals surface area contributed by atoms with Crippen LogP contribution in [0.25, 0.3) is 0 Å². The predicted molar refractivity (Wildman–Crippen MR) is 81.9 cm³/mol. The third kappa shape index (κ3) is 3.28.